The molecule has 0 saturated carbocycles. The van der Waals surface area contributed by atoms with Gasteiger partial charge in [0.15, 0.2) is 0 Å². The SMILES string of the molecule is C[C@@H](O)[C@H]1C(=O)N[C@H]1CC(=O)O. The van der Waals surface area contributed by atoms with Gasteiger partial charge >= 0.3 is 5.97 Å². The average Bonchev–Trinajstić information content (AvgIpc) is 1.82. The van der Waals surface area contributed by atoms with Crippen LogP contribution < -0.4 is 5.32 Å². The molecule has 1 fully saturated rings. The van der Waals surface area contributed by atoms with E-state index in [2.05, 4.69) is 5.32 Å². The second kappa shape index (κ2) is 3.10. The van der Waals surface area contributed by atoms with Gasteiger partial charge in [-0.25, -0.2) is 0 Å². The fraction of sp³-hybridized carbons (Fsp3) is 0.714. The first kappa shape index (κ1) is 8.99. The van der Waals surface area contributed by atoms with Crippen molar-refractivity contribution in [1.82, 2.24) is 5.32 Å². The van der Waals surface area contributed by atoms with Gasteiger partial charge in [-0.15, -0.1) is 0 Å². The van der Waals surface area contributed by atoms with Crippen molar-refractivity contribution in [3.8, 4) is 0 Å². The molecule has 68 valence electrons. The van der Waals surface area contributed by atoms with Gasteiger partial charge in [-0.05, 0) is 6.92 Å². The summed E-state index contributed by atoms with van der Waals surface area (Å²) in [5.74, 6) is -1.79. The number of nitrogens with one attached hydrogen (secondary N) is 1. The molecule has 1 heterocycles. The maximum Gasteiger partial charge on any atom is 0.305 e. The molecule has 5 heteroatoms. The number of β-lactam (4-membered cyclic amide) rings is 1. The van der Waals surface area contributed by atoms with E-state index in [0.717, 1.165) is 0 Å². The first-order valence-electron chi connectivity index (χ1n) is 3.72. The summed E-state index contributed by atoms with van der Waals surface area (Å²) in [6.07, 6.45) is -0.899. The number of carboxylic acids is 1. The molecule has 3 atom stereocenters. The number of carbonyl (C=O) groups is 2. The normalized spacial score (nSPS) is 30.3. The molecule has 1 aliphatic rings. The second-order valence-electron chi connectivity index (χ2n) is 2.98. The zero-order valence-corrected chi connectivity index (χ0v) is 6.65. The van der Waals surface area contributed by atoms with Crippen LogP contribution >= 0.6 is 0 Å². The summed E-state index contributed by atoms with van der Waals surface area (Å²) in [6.45, 7) is 1.48. The van der Waals surface area contributed by atoms with Gasteiger partial charge in [-0.2, -0.15) is 0 Å². The standard InChI is InChI=1S/C7H11NO4/c1-3(9)6-4(2-5(10)11)8-7(6)12/h3-4,6,9H,2H2,1H3,(H,8,12)(H,10,11)/t3-,4+,6-/m1/s1. The van der Waals surface area contributed by atoms with Crippen LogP contribution in [0.2, 0.25) is 0 Å². The Morgan fingerprint density at radius 2 is 2.33 bits per heavy atom. The Morgan fingerprint density at radius 3 is 2.67 bits per heavy atom. The molecule has 0 spiro atoms. The largest absolute Gasteiger partial charge is 0.481 e. The Kier molecular flexibility index (Phi) is 2.32. The Labute approximate surface area is 69.4 Å². The number of carboxylic acid groups (broad SMARTS) is 1. The minimum atomic E-state index is -0.967. The van der Waals surface area contributed by atoms with Gasteiger partial charge < -0.3 is 15.5 Å². The Bertz CT molecular complexity index is 213. The van der Waals surface area contributed by atoms with Gasteiger partial charge in [0.1, 0.15) is 0 Å². The number of rotatable bonds is 3. The molecule has 3 N–H and O–H groups in total. The molecule has 5 nitrogen and oxygen atoms in total. The van der Waals surface area contributed by atoms with Crippen molar-refractivity contribution in [1.29, 1.82) is 0 Å². The van der Waals surface area contributed by atoms with E-state index in [9.17, 15) is 9.59 Å². The first-order valence-corrected chi connectivity index (χ1v) is 3.72. The Morgan fingerprint density at radius 1 is 1.75 bits per heavy atom. The predicted octanol–water partition coefficient (Wildman–Crippen LogP) is -1.04. The van der Waals surface area contributed by atoms with E-state index in [1.807, 2.05) is 0 Å². The molecule has 12 heavy (non-hydrogen) atoms. The van der Waals surface area contributed by atoms with Crippen molar-refractivity contribution in [2.24, 2.45) is 5.92 Å². The van der Waals surface area contributed by atoms with Gasteiger partial charge in [0.25, 0.3) is 0 Å². The fourth-order valence-corrected chi connectivity index (χ4v) is 1.38. The van der Waals surface area contributed by atoms with Crippen LogP contribution in [0.15, 0.2) is 0 Å². The van der Waals surface area contributed by atoms with Gasteiger partial charge in [0.05, 0.1) is 24.5 Å². The third-order valence-corrected chi connectivity index (χ3v) is 1.98. The van der Waals surface area contributed by atoms with Crippen LogP contribution in [-0.2, 0) is 9.59 Å². The predicted molar refractivity (Wildman–Crippen MR) is 39.4 cm³/mol. The molecule has 1 amide bonds. The second-order valence-corrected chi connectivity index (χ2v) is 2.98. The molecule has 0 aromatic rings. The lowest BCUT2D eigenvalue weighted by Crippen LogP contribution is -2.62. The molecule has 0 aromatic carbocycles. The number of aliphatic hydroxyl groups is 1. The average molecular weight is 173 g/mol. The number of carbonyl (C=O) groups excluding carboxylic acids is 1. The first-order chi connectivity index (χ1) is 5.52. The zero-order valence-electron chi connectivity index (χ0n) is 6.65. The highest BCUT2D eigenvalue weighted by atomic mass is 16.4. The topological polar surface area (TPSA) is 86.6 Å². The monoisotopic (exact) mass is 173 g/mol. The van der Waals surface area contributed by atoms with Crippen LogP contribution in [0, 0.1) is 5.92 Å². The molecular formula is C7H11NO4. The molecule has 1 aliphatic heterocycles. The van der Waals surface area contributed by atoms with Crippen LogP contribution in [0.25, 0.3) is 0 Å². The summed E-state index contributed by atoms with van der Waals surface area (Å²) in [7, 11) is 0. The van der Waals surface area contributed by atoms with Crippen molar-refractivity contribution >= 4 is 11.9 Å². The van der Waals surface area contributed by atoms with Crippen LogP contribution in [0.5, 0.6) is 0 Å². The quantitative estimate of drug-likeness (QED) is 0.475. The zero-order chi connectivity index (χ0) is 9.30. The van der Waals surface area contributed by atoms with Crippen molar-refractivity contribution in [3.63, 3.8) is 0 Å². The minimum Gasteiger partial charge on any atom is -0.481 e. The van der Waals surface area contributed by atoms with Gasteiger partial charge in [0, 0.05) is 0 Å². The van der Waals surface area contributed by atoms with Crippen LogP contribution in [0.1, 0.15) is 13.3 Å². The van der Waals surface area contributed by atoms with E-state index in [1.54, 1.807) is 0 Å². The summed E-state index contributed by atoms with van der Waals surface area (Å²) in [5, 5.41) is 19.9. The highest BCUT2D eigenvalue weighted by molar-refractivity contribution is 5.88. The molecular weight excluding hydrogens is 162 g/mol. The number of aliphatic hydroxyl groups excluding tert-OH is 1. The highest BCUT2D eigenvalue weighted by Gasteiger charge is 2.43. The number of aliphatic carboxylic acids is 1. The smallest absolute Gasteiger partial charge is 0.305 e. The maximum absolute atomic E-state index is 10.8. The van der Waals surface area contributed by atoms with Crippen molar-refractivity contribution in [2.75, 3.05) is 0 Å². The van der Waals surface area contributed by atoms with Crippen molar-refractivity contribution < 1.29 is 19.8 Å². The van der Waals surface area contributed by atoms with Gasteiger partial charge in [-0.3, -0.25) is 9.59 Å². The van der Waals surface area contributed by atoms with Crippen LogP contribution in [0.3, 0.4) is 0 Å². The molecule has 1 saturated heterocycles. The maximum atomic E-state index is 10.8. The summed E-state index contributed by atoms with van der Waals surface area (Å²) < 4.78 is 0. The van der Waals surface area contributed by atoms with E-state index >= 15 is 0 Å². The van der Waals surface area contributed by atoms with Crippen LogP contribution in [0.4, 0.5) is 0 Å². The van der Waals surface area contributed by atoms with E-state index in [4.69, 9.17) is 10.2 Å². The summed E-state index contributed by atoms with van der Waals surface area (Å²) >= 11 is 0. The lowest BCUT2D eigenvalue weighted by molar-refractivity contribution is -0.146. The summed E-state index contributed by atoms with van der Waals surface area (Å²) in [5.41, 5.74) is 0. The Balaban J connectivity index is 2.48. The number of hydrogen-bond donors (Lipinski definition) is 3. The molecule has 0 unspecified atom stereocenters. The highest BCUT2D eigenvalue weighted by Crippen LogP contribution is 2.21. The lowest BCUT2D eigenvalue weighted by atomic mass is 9.84. The van der Waals surface area contributed by atoms with Gasteiger partial charge in [0.2, 0.25) is 5.91 Å². The van der Waals surface area contributed by atoms with Crippen LogP contribution in [-0.4, -0.2) is 34.2 Å². The van der Waals surface area contributed by atoms with Crippen molar-refractivity contribution in [2.45, 2.75) is 25.5 Å². The van der Waals surface area contributed by atoms with E-state index in [-0.39, 0.29) is 12.3 Å². The minimum absolute atomic E-state index is 0.124. The molecule has 0 aliphatic carbocycles. The third-order valence-electron chi connectivity index (χ3n) is 1.98. The molecule has 0 radical (unpaired) electrons. The molecule has 1 rings (SSSR count). The van der Waals surface area contributed by atoms with Gasteiger partial charge in [-0.1, -0.05) is 0 Å². The third kappa shape index (κ3) is 1.55. The number of amides is 1. The lowest BCUT2D eigenvalue weighted by Gasteiger charge is -2.37. The fourth-order valence-electron chi connectivity index (χ4n) is 1.38. The molecule has 0 aromatic heterocycles. The number of hydrogen-bond acceptors (Lipinski definition) is 3. The Hall–Kier alpha value is -1.10. The van der Waals surface area contributed by atoms with E-state index in [1.165, 1.54) is 6.92 Å². The van der Waals surface area contributed by atoms with Crippen molar-refractivity contribution in [3.05, 3.63) is 0 Å². The van der Waals surface area contributed by atoms with E-state index < -0.39 is 24.0 Å². The molecule has 0 bridgehead atoms. The summed E-state index contributed by atoms with van der Waals surface area (Å²) in [4.78, 5) is 21.0. The summed E-state index contributed by atoms with van der Waals surface area (Å²) in [6, 6.07) is -0.407. The van der Waals surface area contributed by atoms with E-state index in [0.29, 0.717) is 0 Å².